The van der Waals surface area contributed by atoms with Crippen molar-refractivity contribution in [2.45, 2.75) is 123 Å². The molecule has 5 aliphatic carbocycles. The summed E-state index contributed by atoms with van der Waals surface area (Å²) in [5.74, 6) is 0.340. The third-order valence-electron chi connectivity index (χ3n) is 9.69. The van der Waals surface area contributed by atoms with Gasteiger partial charge in [0.1, 0.15) is 12.8 Å². The van der Waals surface area contributed by atoms with Crippen LogP contribution in [0.4, 0.5) is 4.39 Å². The van der Waals surface area contributed by atoms with Crippen molar-refractivity contribution in [3.63, 3.8) is 0 Å². The number of hydrogen-bond acceptors (Lipinski definition) is 5. The molecule has 7 atom stereocenters. The van der Waals surface area contributed by atoms with Gasteiger partial charge in [-0.05, 0) is 83.1 Å². The van der Waals surface area contributed by atoms with Crippen LogP contribution in [0.2, 0.25) is 0 Å². The van der Waals surface area contributed by atoms with Crippen molar-refractivity contribution >= 4 is 35.0 Å². The second-order valence-corrected chi connectivity index (χ2v) is 13.2. The number of rotatable bonds is 7. The quantitative estimate of drug-likeness (QED) is 0.426. The highest BCUT2D eigenvalue weighted by atomic mass is 35.5. The molecule has 5 saturated carbocycles. The average Bonchev–Trinajstić information content (AvgIpc) is 3.22. The van der Waals surface area contributed by atoms with E-state index >= 15 is 0 Å². The summed E-state index contributed by atoms with van der Waals surface area (Å²) in [7, 11) is 0. The van der Waals surface area contributed by atoms with Crippen molar-refractivity contribution in [3.05, 3.63) is 0 Å². The zero-order valence-corrected chi connectivity index (χ0v) is 22.4. The van der Waals surface area contributed by atoms with Crippen LogP contribution in [-0.4, -0.2) is 87.8 Å². The third kappa shape index (κ3) is 5.68. The van der Waals surface area contributed by atoms with Gasteiger partial charge >= 0.3 is 0 Å². The fraction of sp³-hybridized carbons (Fsp3) is 0.923. The normalized spacial score (nSPS) is 44.7. The average molecular weight is 549 g/mol. The summed E-state index contributed by atoms with van der Waals surface area (Å²) >= 11 is 12.3. The number of nitrogens with zero attached hydrogens (tertiary/aromatic N) is 1. The molecule has 0 aromatic heterocycles. The molecule has 1 aliphatic heterocycles. The van der Waals surface area contributed by atoms with Gasteiger partial charge < -0.3 is 20.5 Å². The Hall–Kier alpha value is -0.670. The molecule has 0 aromatic carbocycles. The minimum atomic E-state index is -1.11. The highest BCUT2D eigenvalue weighted by Gasteiger charge is 2.55. The first-order valence-corrected chi connectivity index (χ1v) is 14.6. The largest absolute Gasteiger partial charge is 0.391 e. The van der Waals surface area contributed by atoms with Crippen LogP contribution in [0.25, 0.3) is 0 Å². The van der Waals surface area contributed by atoms with Crippen molar-refractivity contribution in [3.8, 4) is 0 Å². The highest BCUT2D eigenvalue weighted by Crippen LogP contribution is 2.47. The first-order valence-electron chi connectivity index (χ1n) is 13.7. The van der Waals surface area contributed by atoms with E-state index in [0.717, 1.165) is 45.1 Å². The van der Waals surface area contributed by atoms with Gasteiger partial charge in [0.05, 0.1) is 29.7 Å². The SMILES string of the molecule is O=C(CN1CCC2CC(Cl)CCC21)NC12CCC(NC(=O)COC3CCC(Cl)C(F)C3)(CC1)[C@@H](O)C2. The summed E-state index contributed by atoms with van der Waals surface area (Å²) in [6.45, 7) is 1.19. The van der Waals surface area contributed by atoms with Crippen LogP contribution < -0.4 is 10.6 Å². The summed E-state index contributed by atoms with van der Waals surface area (Å²) < 4.78 is 19.5. The molecule has 6 rings (SSSR count). The first kappa shape index (κ1) is 26.9. The van der Waals surface area contributed by atoms with E-state index in [1.54, 1.807) is 0 Å². The Balaban J connectivity index is 1.09. The molecular formula is C26H40Cl2FN3O4. The van der Waals surface area contributed by atoms with E-state index in [2.05, 4.69) is 15.5 Å². The molecule has 0 spiro atoms. The smallest absolute Gasteiger partial charge is 0.246 e. The highest BCUT2D eigenvalue weighted by molar-refractivity contribution is 6.21. The minimum absolute atomic E-state index is 0.0283. The second kappa shape index (κ2) is 10.8. The van der Waals surface area contributed by atoms with E-state index in [-0.39, 0.29) is 36.3 Å². The zero-order chi connectivity index (χ0) is 25.5. The number of carbonyl (C=O) groups is 2. The summed E-state index contributed by atoms with van der Waals surface area (Å²) in [5.41, 5.74) is -1.10. The van der Waals surface area contributed by atoms with Crippen molar-refractivity contribution < 1.29 is 23.8 Å². The van der Waals surface area contributed by atoms with E-state index in [1.807, 2.05) is 0 Å². The fourth-order valence-electron chi connectivity index (χ4n) is 7.56. The van der Waals surface area contributed by atoms with Gasteiger partial charge in [-0.15, -0.1) is 23.2 Å². The Bertz CT molecular complexity index is 827. The molecule has 3 N–H and O–H groups in total. The lowest BCUT2D eigenvalue weighted by atomic mass is 9.60. The van der Waals surface area contributed by atoms with Gasteiger partial charge in [-0.25, -0.2) is 4.39 Å². The van der Waals surface area contributed by atoms with Gasteiger partial charge in [0.15, 0.2) is 0 Å². The lowest BCUT2D eigenvalue weighted by Crippen LogP contribution is -2.70. The van der Waals surface area contributed by atoms with Crippen LogP contribution in [-0.2, 0) is 14.3 Å². The Morgan fingerprint density at radius 2 is 1.78 bits per heavy atom. The van der Waals surface area contributed by atoms with Crippen LogP contribution in [0.5, 0.6) is 0 Å². The first-order chi connectivity index (χ1) is 17.2. The van der Waals surface area contributed by atoms with Crippen LogP contribution in [0.1, 0.15) is 77.0 Å². The molecule has 1 saturated heterocycles. The predicted octanol–water partition coefficient (Wildman–Crippen LogP) is 3.03. The summed E-state index contributed by atoms with van der Waals surface area (Å²) in [4.78, 5) is 28.0. The zero-order valence-electron chi connectivity index (χ0n) is 20.9. The predicted molar refractivity (Wildman–Crippen MR) is 136 cm³/mol. The fourth-order valence-corrected chi connectivity index (χ4v) is 8.14. The van der Waals surface area contributed by atoms with E-state index in [1.165, 1.54) is 0 Å². The Morgan fingerprint density at radius 3 is 2.50 bits per heavy atom. The lowest BCUT2D eigenvalue weighted by molar-refractivity contribution is -0.140. The monoisotopic (exact) mass is 547 g/mol. The van der Waals surface area contributed by atoms with Crippen LogP contribution in [0.3, 0.4) is 0 Å². The summed E-state index contributed by atoms with van der Waals surface area (Å²) in [6.07, 6.45) is 6.57. The summed E-state index contributed by atoms with van der Waals surface area (Å²) in [6, 6.07) is 0.456. The molecule has 2 amide bonds. The molecule has 2 bridgehead atoms. The number of amides is 2. The van der Waals surface area contributed by atoms with Crippen LogP contribution >= 0.6 is 23.2 Å². The number of hydrogen-bond donors (Lipinski definition) is 3. The molecule has 7 nitrogen and oxygen atoms in total. The number of aliphatic hydroxyl groups excluding tert-OH is 1. The molecule has 1 heterocycles. The molecule has 0 radical (unpaired) electrons. The molecule has 6 aliphatic rings. The second-order valence-electron chi connectivity index (χ2n) is 12.0. The number of alkyl halides is 3. The Morgan fingerprint density at radius 1 is 1.00 bits per heavy atom. The van der Waals surface area contributed by atoms with Crippen molar-refractivity contribution in [1.29, 1.82) is 0 Å². The molecule has 6 unspecified atom stereocenters. The van der Waals surface area contributed by atoms with Crippen LogP contribution in [0, 0.1) is 5.92 Å². The Kier molecular flexibility index (Phi) is 8.10. The van der Waals surface area contributed by atoms with Gasteiger partial charge in [-0.1, -0.05) is 0 Å². The number of carbonyl (C=O) groups excluding carboxylic acids is 2. The van der Waals surface area contributed by atoms with E-state index in [0.29, 0.717) is 50.6 Å². The Labute approximate surface area is 223 Å². The molecule has 204 valence electrons. The van der Waals surface area contributed by atoms with Crippen LogP contribution in [0.15, 0.2) is 0 Å². The third-order valence-corrected chi connectivity index (χ3v) is 10.6. The van der Waals surface area contributed by atoms with E-state index < -0.39 is 28.7 Å². The van der Waals surface area contributed by atoms with Crippen molar-refractivity contribution in [2.24, 2.45) is 5.92 Å². The lowest BCUT2D eigenvalue weighted by Gasteiger charge is -2.56. The topological polar surface area (TPSA) is 90.9 Å². The number of aliphatic hydroxyl groups is 1. The van der Waals surface area contributed by atoms with Crippen molar-refractivity contribution in [2.75, 3.05) is 19.7 Å². The van der Waals surface area contributed by atoms with E-state index in [4.69, 9.17) is 27.9 Å². The molecule has 6 fully saturated rings. The maximum absolute atomic E-state index is 13.8. The van der Waals surface area contributed by atoms with Gasteiger partial charge in [0.25, 0.3) is 0 Å². The molecule has 36 heavy (non-hydrogen) atoms. The standard InChI is InChI=1S/C26H40Cl2FN3O4/c27-17-1-4-21-16(11-17)5-10-32(21)14-23(34)30-25-6-8-26(9-7-25,22(33)13-25)31-24(35)15-36-18-2-3-19(28)20(29)12-18/h16-22,33H,1-15H2,(H,30,34)(H,31,35)/t16?,17?,18?,19?,20?,21?,22-,25?,26?/m0/s1. The summed E-state index contributed by atoms with van der Waals surface area (Å²) in [5, 5.41) is 17.1. The van der Waals surface area contributed by atoms with Crippen molar-refractivity contribution in [1.82, 2.24) is 15.5 Å². The van der Waals surface area contributed by atoms with Gasteiger partial charge in [-0.2, -0.15) is 0 Å². The number of nitrogens with one attached hydrogen (secondary N) is 2. The maximum Gasteiger partial charge on any atom is 0.246 e. The molecule has 0 aromatic rings. The number of halogens is 3. The van der Waals surface area contributed by atoms with Gasteiger partial charge in [0.2, 0.25) is 11.8 Å². The number of ether oxygens (including phenoxy) is 1. The van der Waals surface area contributed by atoms with Gasteiger partial charge in [0, 0.05) is 23.4 Å². The maximum atomic E-state index is 13.8. The number of likely N-dealkylation sites (tertiary alicyclic amines) is 1. The molecular weight excluding hydrogens is 508 g/mol. The van der Waals surface area contributed by atoms with E-state index in [9.17, 15) is 19.1 Å². The molecule has 10 heteroatoms. The number of fused-ring (bicyclic) bond motifs is 4. The minimum Gasteiger partial charge on any atom is -0.391 e. The van der Waals surface area contributed by atoms with Gasteiger partial charge in [-0.3, -0.25) is 14.5 Å².